The molecule has 2 amide bonds. The molecule has 0 saturated heterocycles. The first-order valence-electron chi connectivity index (χ1n) is 8.82. The Balaban J connectivity index is 1.73. The summed E-state index contributed by atoms with van der Waals surface area (Å²) in [5.41, 5.74) is 2.75. The van der Waals surface area contributed by atoms with Crippen LogP contribution in [0.2, 0.25) is 0 Å². The number of nitro benzene ring substituents is 1. The average molecular weight is 399 g/mol. The van der Waals surface area contributed by atoms with Crippen molar-refractivity contribution in [2.75, 3.05) is 17.2 Å². The Labute approximate surface area is 167 Å². The van der Waals surface area contributed by atoms with Crippen LogP contribution >= 0.6 is 0 Å². The smallest absolute Gasteiger partial charge is 0.306 e. The number of ether oxygens (including phenoxy) is 1. The number of benzene rings is 2. The SMILES string of the molecule is Cc1cccc(C)c1NC(=O)COC(=O)CCC(=O)Nc1ccc([N+](=O)[O-])cc1. The minimum atomic E-state index is -0.680. The van der Waals surface area contributed by atoms with Crippen molar-refractivity contribution in [3.05, 3.63) is 63.7 Å². The maximum atomic E-state index is 12.0. The molecule has 0 radical (unpaired) electrons. The molecule has 0 spiro atoms. The molecule has 0 atom stereocenters. The summed E-state index contributed by atoms with van der Waals surface area (Å²) in [5.74, 6) is -1.60. The largest absolute Gasteiger partial charge is 0.456 e. The highest BCUT2D eigenvalue weighted by Crippen LogP contribution is 2.19. The maximum absolute atomic E-state index is 12.0. The number of para-hydroxylation sites is 1. The van der Waals surface area contributed by atoms with Crippen molar-refractivity contribution >= 4 is 34.8 Å². The summed E-state index contributed by atoms with van der Waals surface area (Å²) in [5, 5.41) is 15.8. The van der Waals surface area contributed by atoms with E-state index in [1.54, 1.807) is 0 Å². The molecule has 2 rings (SSSR count). The van der Waals surface area contributed by atoms with Crippen LogP contribution in [-0.2, 0) is 19.1 Å². The lowest BCUT2D eigenvalue weighted by Crippen LogP contribution is -2.22. The summed E-state index contributed by atoms with van der Waals surface area (Å²) in [4.78, 5) is 45.6. The lowest BCUT2D eigenvalue weighted by molar-refractivity contribution is -0.384. The number of nitrogens with one attached hydrogen (secondary N) is 2. The van der Waals surface area contributed by atoms with Crippen molar-refractivity contribution in [2.45, 2.75) is 26.7 Å². The number of hydrogen-bond donors (Lipinski definition) is 2. The number of carbonyl (C=O) groups excluding carboxylic acids is 3. The average Bonchev–Trinajstić information content (AvgIpc) is 2.68. The topological polar surface area (TPSA) is 128 Å². The monoisotopic (exact) mass is 399 g/mol. The van der Waals surface area contributed by atoms with Gasteiger partial charge < -0.3 is 15.4 Å². The highest BCUT2D eigenvalue weighted by atomic mass is 16.6. The molecule has 9 heteroatoms. The molecule has 0 heterocycles. The van der Waals surface area contributed by atoms with Crippen LogP contribution in [0.15, 0.2) is 42.5 Å². The second-order valence-electron chi connectivity index (χ2n) is 6.33. The Morgan fingerprint density at radius 1 is 0.931 bits per heavy atom. The van der Waals surface area contributed by atoms with E-state index in [0.717, 1.165) is 11.1 Å². The van der Waals surface area contributed by atoms with Crippen molar-refractivity contribution in [2.24, 2.45) is 0 Å². The molecule has 152 valence electrons. The predicted molar refractivity (Wildman–Crippen MR) is 106 cm³/mol. The predicted octanol–water partition coefficient (Wildman–Crippen LogP) is 3.11. The molecule has 0 aromatic heterocycles. The Hall–Kier alpha value is -3.75. The van der Waals surface area contributed by atoms with Crippen molar-refractivity contribution < 1.29 is 24.0 Å². The van der Waals surface area contributed by atoms with E-state index in [-0.39, 0.29) is 18.5 Å². The molecule has 29 heavy (non-hydrogen) atoms. The Kier molecular flexibility index (Phi) is 7.41. The molecule has 0 bridgehead atoms. The molecule has 0 aliphatic carbocycles. The number of esters is 1. The molecule has 0 saturated carbocycles. The van der Waals surface area contributed by atoms with Gasteiger partial charge in [0.25, 0.3) is 11.6 Å². The molecule has 9 nitrogen and oxygen atoms in total. The molecular formula is C20H21N3O6. The second-order valence-corrected chi connectivity index (χ2v) is 6.33. The zero-order valence-corrected chi connectivity index (χ0v) is 16.1. The first kappa shape index (κ1) is 21.5. The van der Waals surface area contributed by atoms with Gasteiger partial charge in [0, 0.05) is 29.9 Å². The van der Waals surface area contributed by atoms with Gasteiger partial charge in [0.05, 0.1) is 11.3 Å². The van der Waals surface area contributed by atoms with E-state index in [2.05, 4.69) is 10.6 Å². The van der Waals surface area contributed by atoms with E-state index in [1.165, 1.54) is 24.3 Å². The van der Waals surface area contributed by atoms with E-state index < -0.39 is 29.3 Å². The van der Waals surface area contributed by atoms with E-state index in [0.29, 0.717) is 11.4 Å². The zero-order valence-electron chi connectivity index (χ0n) is 16.1. The Bertz CT molecular complexity index is 904. The van der Waals surface area contributed by atoms with Gasteiger partial charge in [-0.25, -0.2) is 0 Å². The van der Waals surface area contributed by atoms with Crippen molar-refractivity contribution in [1.82, 2.24) is 0 Å². The first-order chi connectivity index (χ1) is 13.8. The van der Waals surface area contributed by atoms with Crippen LogP contribution in [0.3, 0.4) is 0 Å². The number of anilines is 2. The number of rotatable bonds is 8. The van der Waals surface area contributed by atoms with Gasteiger partial charge in [-0.2, -0.15) is 0 Å². The van der Waals surface area contributed by atoms with Gasteiger partial charge in [0.15, 0.2) is 6.61 Å². The number of carbonyl (C=O) groups is 3. The summed E-state index contributed by atoms with van der Waals surface area (Å²) < 4.78 is 4.89. The molecular weight excluding hydrogens is 378 g/mol. The number of non-ortho nitro benzene ring substituents is 1. The fraction of sp³-hybridized carbons (Fsp3) is 0.250. The van der Waals surface area contributed by atoms with Crippen LogP contribution in [0.25, 0.3) is 0 Å². The third kappa shape index (κ3) is 6.73. The number of aryl methyl sites for hydroxylation is 2. The Morgan fingerprint density at radius 3 is 2.14 bits per heavy atom. The van der Waals surface area contributed by atoms with Gasteiger partial charge in [0.2, 0.25) is 5.91 Å². The van der Waals surface area contributed by atoms with Crippen molar-refractivity contribution in [3.8, 4) is 0 Å². The van der Waals surface area contributed by atoms with Gasteiger partial charge in [-0.1, -0.05) is 18.2 Å². The second kappa shape index (κ2) is 9.98. The standard InChI is InChI=1S/C20H21N3O6/c1-13-4-3-5-14(2)20(13)22-18(25)12-29-19(26)11-10-17(24)21-15-6-8-16(9-7-15)23(27)28/h3-9H,10-12H2,1-2H3,(H,21,24)(H,22,25). The summed E-state index contributed by atoms with van der Waals surface area (Å²) in [6, 6.07) is 10.9. The van der Waals surface area contributed by atoms with Crippen LogP contribution < -0.4 is 10.6 Å². The molecule has 0 aliphatic rings. The number of amides is 2. The minimum absolute atomic E-state index is 0.0919. The molecule has 2 aromatic rings. The molecule has 0 unspecified atom stereocenters. The van der Waals surface area contributed by atoms with Crippen molar-refractivity contribution in [3.63, 3.8) is 0 Å². The summed E-state index contributed by atoms with van der Waals surface area (Å²) in [7, 11) is 0. The third-order valence-corrected chi connectivity index (χ3v) is 4.03. The lowest BCUT2D eigenvalue weighted by Gasteiger charge is -2.11. The lowest BCUT2D eigenvalue weighted by atomic mass is 10.1. The molecule has 0 fully saturated rings. The van der Waals surface area contributed by atoms with E-state index in [1.807, 2.05) is 32.0 Å². The van der Waals surface area contributed by atoms with Crippen molar-refractivity contribution in [1.29, 1.82) is 0 Å². The van der Waals surface area contributed by atoms with E-state index in [4.69, 9.17) is 4.74 Å². The quantitative estimate of drug-likeness (QED) is 0.399. The highest BCUT2D eigenvalue weighted by molar-refractivity contribution is 5.95. The summed E-state index contributed by atoms with van der Waals surface area (Å²) in [6.07, 6.45) is -0.343. The fourth-order valence-electron chi connectivity index (χ4n) is 2.51. The van der Waals surface area contributed by atoms with Crippen LogP contribution in [0.4, 0.5) is 17.1 Å². The molecule has 2 N–H and O–H groups in total. The number of nitro groups is 1. The maximum Gasteiger partial charge on any atom is 0.306 e. The van der Waals surface area contributed by atoms with Gasteiger partial charge in [0.1, 0.15) is 0 Å². The van der Waals surface area contributed by atoms with Gasteiger partial charge in [-0.05, 0) is 37.1 Å². The van der Waals surface area contributed by atoms with E-state index >= 15 is 0 Å². The first-order valence-corrected chi connectivity index (χ1v) is 8.82. The van der Waals surface area contributed by atoms with Gasteiger partial charge >= 0.3 is 5.97 Å². The molecule has 0 aliphatic heterocycles. The zero-order chi connectivity index (χ0) is 21.4. The van der Waals surface area contributed by atoms with Gasteiger partial charge in [-0.3, -0.25) is 24.5 Å². The normalized spacial score (nSPS) is 10.1. The summed E-state index contributed by atoms with van der Waals surface area (Å²) >= 11 is 0. The number of hydrogen-bond acceptors (Lipinski definition) is 6. The van der Waals surface area contributed by atoms with Crippen LogP contribution in [-0.4, -0.2) is 29.3 Å². The van der Waals surface area contributed by atoms with E-state index in [9.17, 15) is 24.5 Å². The van der Waals surface area contributed by atoms with Crippen LogP contribution in [0, 0.1) is 24.0 Å². The number of nitrogens with zero attached hydrogens (tertiary/aromatic N) is 1. The molecule has 2 aromatic carbocycles. The fourth-order valence-corrected chi connectivity index (χ4v) is 2.51. The van der Waals surface area contributed by atoms with Gasteiger partial charge in [-0.15, -0.1) is 0 Å². The van der Waals surface area contributed by atoms with Crippen LogP contribution in [0.1, 0.15) is 24.0 Å². The highest BCUT2D eigenvalue weighted by Gasteiger charge is 2.13. The Morgan fingerprint density at radius 2 is 1.55 bits per heavy atom. The third-order valence-electron chi connectivity index (χ3n) is 4.03. The summed E-state index contributed by atoms with van der Waals surface area (Å²) in [6.45, 7) is 3.27. The minimum Gasteiger partial charge on any atom is -0.456 e. The van der Waals surface area contributed by atoms with Crippen LogP contribution in [0.5, 0.6) is 0 Å².